The molecular weight excluding hydrogens is 462 g/mol. The van der Waals surface area contributed by atoms with Crippen LogP contribution in [0.3, 0.4) is 0 Å². The van der Waals surface area contributed by atoms with Crippen molar-refractivity contribution >= 4 is 37.3 Å². The summed E-state index contributed by atoms with van der Waals surface area (Å²) in [4.78, 5) is 12.5. The Morgan fingerprint density at radius 3 is 2.06 bits per heavy atom. The minimum absolute atomic E-state index is 0.0264. The Morgan fingerprint density at radius 2 is 1.45 bits per heavy atom. The van der Waals surface area contributed by atoms with Crippen LogP contribution in [0, 0.1) is 0 Å². The lowest BCUT2D eigenvalue weighted by Crippen LogP contribution is -2.25. The fourth-order valence-corrected chi connectivity index (χ4v) is 5.01. The minimum atomic E-state index is -3.78. The van der Waals surface area contributed by atoms with Crippen molar-refractivity contribution < 1.29 is 21.6 Å². The third kappa shape index (κ3) is 7.01. The molecule has 0 bridgehead atoms. The predicted octanol–water partition coefficient (Wildman–Crippen LogP) is 3.35. The van der Waals surface area contributed by atoms with E-state index in [9.17, 15) is 21.6 Å². The van der Waals surface area contributed by atoms with Crippen molar-refractivity contribution in [3.8, 4) is 0 Å². The largest absolute Gasteiger partial charge is 0.322 e. The van der Waals surface area contributed by atoms with E-state index in [0.717, 1.165) is 0 Å². The molecule has 172 valence electrons. The van der Waals surface area contributed by atoms with Gasteiger partial charge in [0.1, 0.15) is 0 Å². The number of nitrogens with one attached hydrogen (secondary N) is 3. The first kappa shape index (κ1) is 24.2. The van der Waals surface area contributed by atoms with Crippen LogP contribution in [-0.2, 0) is 25.8 Å². The van der Waals surface area contributed by atoms with Crippen molar-refractivity contribution in [2.45, 2.75) is 10.6 Å². The number of hydrogen-bond acceptors (Lipinski definition) is 5. The van der Waals surface area contributed by atoms with Crippen LogP contribution >= 0.6 is 0 Å². The number of hydrogen-bond donors (Lipinski definition) is 3. The highest BCUT2D eigenvalue weighted by atomic mass is 32.2. The molecule has 3 rings (SSSR count). The Bertz CT molecular complexity index is 1320. The average Bonchev–Trinajstić information content (AvgIpc) is 2.79. The summed E-state index contributed by atoms with van der Waals surface area (Å²) in [5.41, 5.74) is 1.74. The smallest absolute Gasteiger partial charge is 0.261 e. The first-order valence-electron chi connectivity index (χ1n) is 9.85. The molecule has 3 aromatic rings. The van der Waals surface area contributed by atoms with Crippen LogP contribution in [-0.4, -0.2) is 29.3 Å². The van der Waals surface area contributed by atoms with Crippen molar-refractivity contribution in [2.75, 3.05) is 16.6 Å². The maximum atomic E-state index is 12.5. The lowest BCUT2D eigenvalue weighted by molar-refractivity contribution is 0.102. The van der Waals surface area contributed by atoms with E-state index in [2.05, 4.69) is 21.3 Å². The van der Waals surface area contributed by atoms with Gasteiger partial charge in [0.2, 0.25) is 10.0 Å². The number of amides is 1. The predicted molar refractivity (Wildman–Crippen MR) is 129 cm³/mol. The average molecular weight is 486 g/mol. The Balaban J connectivity index is 1.63. The standard InChI is InChI=1S/C23H23N3O5S2/c1-2-16-24-32(28,29)17-18-8-12-20(13-9-18)25-23(27)19-10-14-22(15-11-19)33(30,31)26-21-6-4-3-5-7-21/h2-15,24,26H,1,16-17H2,(H,25,27). The van der Waals surface area contributed by atoms with Crippen LogP contribution in [0.5, 0.6) is 0 Å². The van der Waals surface area contributed by atoms with Crippen molar-refractivity contribution in [2.24, 2.45) is 0 Å². The zero-order valence-corrected chi connectivity index (χ0v) is 19.2. The Kier molecular flexibility index (Phi) is 7.64. The molecule has 0 saturated carbocycles. The SMILES string of the molecule is C=CCNS(=O)(=O)Cc1ccc(NC(=O)c2ccc(S(=O)(=O)Nc3ccccc3)cc2)cc1. The van der Waals surface area contributed by atoms with E-state index in [0.29, 0.717) is 16.9 Å². The monoisotopic (exact) mass is 485 g/mol. The topological polar surface area (TPSA) is 121 Å². The van der Waals surface area contributed by atoms with Gasteiger partial charge in [-0.3, -0.25) is 9.52 Å². The summed E-state index contributed by atoms with van der Waals surface area (Å²) in [5, 5.41) is 2.70. The first-order valence-corrected chi connectivity index (χ1v) is 13.0. The van der Waals surface area contributed by atoms with Gasteiger partial charge in [-0.15, -0.1) is 6.58 Å². The molecule has 0 aliphatic carbocycles. The molecule has 10 heteroatoms. The lowest BCUT2D eigenvalue weighted by Gasteiger charge is -2.10. The summed E-state index contributed by atoms with van der Waals surface area (Å²) in [6.07, 6.45) is 1.46. The molecule has 0 saturated heterocycles. The summed E-state index contributed by atoms with van der Waals surface area (Å²) in [7, 11) is -7.26. The van der Waals surface area contributed by atoms with Gasteiger partial charge in [-0.05, 0) is 54.1 Å². The van der Waals surface area contributed by atoms with Gasteiger partial charge in [0, 0.05) is 23.5 Å². The summed E-state index contributed by atoms with van der Waals surface area (Å²) in [5.74, 6) is -0.620. The third-order valence-electron chi connectivity index (χ3n) is 4.47. The molecule has 8 nitrogen and oxygen atoms in total. The molecule has 0 heterocycles. The molecule has 0 aliphatic heterocycles. The van der Waals surface area contributed by atoms with Crippen molar-refractivity contribution in [3.63, 3.8) is 0 Å². The van der Waals surface area contributed by atoms with Crippen molar-refractivity contribution in [1.29, 1.82) is 0 Å². The fourth-order valence-electron chi connectivity index (χ4n) is 2.85. The van der Waals surface area contributed by atoms with E-state index in [1.54, 1.807) is 54.6 Å². The van der Waals surface area contributed by atoms with Gasteiger partial charge >= 0.3 is 0 Å². The molecule has 0 fully saturated rings. The van der Waals surface area contributed by atoms with E-state index in [1.807, 2.05) is 0 Å². The zero-order chi connectivity index (χ0) is 23.9. The highest BCUT2D eigenvalue weighted by Crippen LogP contribution is 2.18. The van der Waals surface area contributed by atoms with Crippen LogP contribution in [0.25, 0.3) is 0 Å². The van der Waals surface area contributed by atoms with Crippen LogP contribution in [0.2, 0.25) is 0 Å². The molecular formula is C23H23N3O5S2. The number of sulfonamides is 2. The maximum absolute atomic E-state index is 12.5. The maximum Gasteiger partial charge on any atom is 0.261 e. The van der Waals surface area contributed by atoms with Crippen LogP contribution < -0.4 is 14.8 Å². The molecule has 0 unspecified atom stereocenters. The number of benzene rings is 3. The normalized spacial score (nSPS) is 11.5. The van der Waals surface area contributed by atoms with Gasteiger partial charge in [-0.2, -0.15) is 0 Å². The Morgan fingerprint density at radius 1 is 0.818 bits per heavy atom. The van der Waals surface area contributed by atoms with Crippen LogP contribution in [0.1, 0.15) is 15.9 Å². The molecule has 0 aliphatic rings. The first-order chi connectivity index (χ1) is 15.7. The highest BCUT2D eigenvalue weighted by Gasteiger charge is 2.15. The number of anilines is 2. The molecule has 0 atom stereocenters. The van der Waals surface area contributed by atoms with E-state index in [-0.39, 0.29) is 22.8 Å². The second kappa shape index (κ2) is 10.4. The quantitative estimate of drug-likeness (QED) is 0.380. The molecule has 33 heavy (non-hydrogen) atoms. The van der Waals surface area contributed by atoms with Gasteiger partial charge in [0.05, 0.1) is 10.6 Å². The second-order valence-electron chi connectivity index (χ2n) is 7.04. The van der Waals surface area contributed by atoms with Crippen LogP contribution in [0.15, 0.2) is 96.4 Å². The Hall–Kier alpha value is -3.47. The van der Waals surface area contributed by atoms with E-state index in [4.69, 9.17) is 0 Å². The van der Waals surface area contributed by atoms with Gasteiger partial charge < -0.3 is 5.32 Å². The summed E-state index contributed by atoms with van der Waals surface area (Å²) in [6.45, 7) is 3.62. The van der Waals surface area contributed by atoms with Gasteiger partial charge in [0.15, 0.2) is 0 Å². The molecule has 0 radical (unpaired) electrons. The van der Waals surface area contributed by atoms with Gasteiger partial charge in [-0.25, -0.2) is 21.6 Å². The summed E-state index contributed by atoms with van der Waals surface area (Å²) < 4.78 is 53.7. The number of carbonyl (C=O) groups excluding carboxylic acids is 1. The number of carbonyl (C=O) groups is 1. The zero-order valence-electron chi connectivity index (χ0n) is 17.6. The summed E-state index contributed by atoms with van der Waals surface area (Å²) in [6, 6.07) is 20.4. The number of para-hydroxylation sites is 1. The molecule has 3 N–H and O–H groups in total. The molecule has 0 aromatic heterocycles. The van der Waals surface area contributed by atoms with E-state index < -0.39 is 26.0 Å². The lowest BCUT2D eigenvalue weighted by atomic mass is 10.2. The Labute approximate surface area is 193 Å². The van der Waals surface area contributed by atoms with Gasteiger partial charge in [-0.1, -0.05) is 36.4 Å². The minimum Gasteiger partial charge on any atom is -0.322 e. The van der Waals surface area contributed by atoms with Crippen molar-refractivity contribution in [3.05, 3.63) is 103 Å². The molecule has 1 amide bonds. The van der Waals surface area contributed by atoms with E-state index >= 15 is 0 Å². The number of rotatable bonds is 10. The van der Waals surface area contributed by atoms with Crippen LogP contribution in [0.4, 0.5) is 11.4 Å². The van der Waals surface area contributed by atoms with E-state index in [1.165, 1.54) is 30.3 Å². The highest BCUT2D eigenvalue weighted by molar-refractivity contribution is 7.92. The van der Waals surface area contributed by atoms with Crippen molar-refractivity contribution in [1.82, 2.24) is 4.72 Å². The molecule has 3 aromatic carbocycles. The fraction of sp³-hybridized carbons (Fsp3) is 0.0870. The second-order valence-corrected chi connectivity index (χ2v) is 10.5. The molecule has 0 spiro atoms. The third-order valence-corrected chi connectivity index (χ3v) is 7.19. The van der Waals surface area contributed by atoms with Gasteiger partial charge in [0.25, 0.3) is 15.9 Å². The summed E-state index contributed by atoms with van der Waals surface area (Å²) >= 11 is 0.